The summed E-state index contributed by atoms with van der Waals surface area (Å²) in [6, 6.07) is 0. The van der Waals surface area contributed by atoms with Crippen molar-refractivity contribution in [1.29, 1.82) is 0 Å². The fourth-order valence-corrected chi connectivity index (χ4v) is 1.71. The van der Waals surface area contributed by atoms with Gasteiger partial charge in [-0.05, 0) is 6.26 Å². The van der Waals surface area contributed by atoms with E-state index in [2.05, 4.69) is 4.98 Å². The van der Waals surface area contributed by atoms with Gasteiger partial charge in [-0.3, -0.25) is 4.98 Å². The Morgan fingerprint density at radius 3 is 2.73 bits per heavy atom. The summed E-state index contributed by atoms with van der Waals surface area (Å²) < 4.78 is 5.05. The van der Waals surface area contributed by atoms with Gasteiger partial charge in [-0.2, -0.15) is 0 Å². The standard InChI is InChI=1S/C7H8ClNOS/c1-10-6-4-9-3-5(8)7(6)11-2/h3-4H,1-2H3. The molecule has 4 heteroatoms. The maximum atomic E-state index is 5.84. The molecule has 0 atom stereocenters. The van der Waals surface area contributed by atoms with Crippen LogP contribution in [0.4, 0.5) is 0 Å². The SMILES string of the molecule is COc1cncc(Cl)c1SC. The average molecular weight is 190 g/mol. The second-order valence-corrected chi connectivity index (χ2v) is 3.08. The van der Waals surface area contributed by atoms with Crippen LogP contribution in [0.3, 0.4) is 0 Å². The number of methoxy groups -OCH3 is 1. The van der Waals surface area contributed by atoms with Crippen molar-refractivity contribution in [2.45, 2.75) is 4.90 Å². The minimum absolute atomic E-state index is 0.636. The van der Waals surface area contributed by atoms with Gasteiger partial charge < -0.3 is 4.74 Å². The molecule has 0 N–H and O–H groups in total. The molecule has 2 nitrogen and oxygen atoms in total. The molecule has 60 valence electrons. The van der Waals surface area contributed by atoms with E-state index in [0.717, 1.165) is 10.6 Å². The highest BCUT2D eigenvalue weighted by Gasteiger charge is 2.05. The number of ether oxygens (including phenoxy) is 1. The Morgan fingerprint density at radius 2 is 2.27 bits per heavy atom. The van der Waals surface area contributed by atoms with Crippen LogP contribution in [0.25, 0.3) is 0 Å². The molecule has 0 saturated heterocycles. The number of hydrogen-bond donors (Lipinski definition) is 0. The van der Waals surface area contributed by atoms with E-state index < -0.39 is 0 Å². The first-order valence-electron chi connectivity index (χ1n) is 3.01. The van der Waals surface area contributed by atoms with Crippen LogP contribution in [-0.4, -0.2) is 18.3 Å². The molecule has 1 aromatic heterocycles. The van der Waals surface area contributed by atoms with Gasteiger partial charge in [0.1, 0.15) is 0 Å². The molecular weight excluding hydrogens is 182 g/mol. The number of nitrogens with zero attached hydrogens (tertiary/aromatic N) is 1. The summed E-state index contributed by atoms with van der Waals surface area (Å²) in [5.41, 5.74) is 0. The number of hydrogen-bond acceptors (Lipinski definition) is 3. The van der Waals surface area contributed by atoms with Gasteiger partial charge in [-0.25, -0.2) is 0 Å². The van der Waals surface area contributed by atoms with Gasteiger partial charge in [0.2, 0.25) is 0 Å². The minimum atomic E-state index is 0.636. The first-order chi connectivity index (χ1) is 5.29. The number of rotatable bonds is 2. The third-order valence-electron chi connectivity index (χ3n) is 1.24. The summed E-state index contributed by atoms with van der Waals surface area (Å²) >= 11 is 7.39. The lowest BCUT2D eigenvalue weighted by molar-refractivity contribution is 0.403. The summed E-state index contributed by atoms with van der Waals surface area (Å²) in [4.78, 5) is 4.83. The molecule has 0 amide bonds. The fourth-order valence-electron chi connectivity index (χ4n) is 0.749. The maximum Gasteiger partial charge on any atom is 0.152 e. The third kappa shape index (κ3) is 1.79. The van der Waals surface area contributed by atoms with E-state index in [1.807, 2.05) is 6.26 Å². The molecule has 0 bridgehead atoms. The Bertz CT molecular complexity index is 254. The van der Waals surface area contributed by atoms with Crippen molar-refractivity contribution >= 4 is 23.4 Å². The molecule has 0 unspecified atom stereocenters. The van der Waals surface area contributed by atoms with E-state index in [9.17, 15) is 0 Å². The van der Waals surface area contributed by atoms with Crippen LogP contribution in [0.5, 0.6) is 5.75 Å². The van der Waals surface area contributed by atoms with Crippen LogP contribution in [-0.2, 0) is 0 Å². The van der Waals surface area contributed by atoms with Crippen LogP contribution >= 0.6 is 23.4 Å². The normalized spacial score (nSPS) is 9.73. The van der Waals surface area contributed by atoms with Gasteiger partial charge in [0, 0.05) is 6.20 Å². The van der Waals surface area contributed by atoms with Gasteiger partial charge in [0.05, 0.1) is 23.2 Å². The van der Waals surface area contributed by atoms with E-state index in [1.54, 1.807) is 31.3 Å². The Kier molecular flexibility index (Phi) is 3.02. The lowest BCUT2D eigenvalue weighted by Gasteiger charge is -2.05. The Balaban J connectivity index is 3.13. The first-order valence-corrected chi connectivity index (χ1v) is 4.61. The molecule has 1 heterocycles. The summed E-state index contributed by atoms with van der Waals surface area (Å²) in [6.07, 6.45) is 5.21. The zero-order chi connectivity index (χ0) is 8.27. The average Bonchev–Trinajstić information content (AvgIpc) is 2.04. The van der Waals surface area contributed by atoms with Gasteiger partial charge >= 0.3 is 0 Å². The highest BCUT2D eigenvalue weighted by Crippen LogP contribution is 2.32. The smallest absolute Gasteiger partial charge is 0.152 e. The molecule has 0 spiro atoms. The molecular formula is C7H8ClNOS. The van der Waals surface area contributed by atoms with Crippen LogP contribution in [0.1, 0.15) is 0 Å². The Morgan fingerprint density at radius 1 is 1.55 bits per heavy atom. The number of halogens is 1. The molecule has 1 aromatic rings. The van der Waals surface area contributed by atoms with E-state index in [1.165, 1.54) is 0 Å². The molecule has 0 aliphatic carbocycles. The van der Waals surface area contributed by atoms with Crippen molar-refractivity contribution < 1.29 is 4.74 Å². The van der Waals surface area contributed by atoms with Crippen molar-refractivity contribution in [3.8, 4) is 5.75 Å². The lowest BCUT2D eigenvalue weighted by Crippen LogP contribution is -1.87. The molecule has 0 saturated carbocycles. The highest BCUT2D eigenvalue weighted by molar-refractivity contribution is 7.98. The Labute approximate surface area is 74.9 Å². The van der Waals surface area contributed by atoms with Crippen molar-refractivity contribution in [3.05, 3.63) is 17.4 Å². The predicted molar refractivity (Wildman–Crippen MR) is 47.6 cm³/mol. The lowest BCUT2D eigenvalue weighted by atomic mass is 10.4. The van der Waals surface area contributed by atoms with Crippen molar-refractivity contribution in [1.82, 2.24) is 4.98 Å². The van der Waals surface area contributed by atoms with Crippen molar-refractivity contribution in [2.24, 2.45) is 0 Å². The number of pyridine rings is 1. The Hall–Kier alpha value is -0.410. The summed E-state index contributed by atoms with van der Waals surface area (Å²) in [5, 5.41) is 0.636. The fraction of sp³-hybridized carbons (Fsp3) is 0.286. The van der Waals surface area contributed by atoms with Gasteiger partial charge in [0.15, 0.2) is 5.75 Å². The number of aromatic nitrogens is 1. The second kappa shape index (κ2) is 3.83. The number of thioether (sulfide) groups is 1. The molecule has 0 aromatic carbocycles. The van der Waals surface area contributed by atoms with E-state index in [0.29, 0.717) is 5.02 Å². The van der Waals surface area contributed by atoms with E-state index >= 15 is 0 Å². The monoisotopic (exact) mass is 189 g/mol. The third-order valence-corrected chi connectivity index (χ3v) is 2.47. The van der Waals surface area contributed by atoms with Gasteiger partial charge in [-0.1, -0.05) is 11.6 Å². The van der Waals surface area contributed by atoms with Crippen molar-refractivity contribution in [2.75, 3.05) is 13.4 Å². The van der Waals surface area contributed by atoms with Crippen LogP contribution < -0.4 is 4.74 Å². The topological polar surface area (TPSA) is 22.1 Å². The molecule has 1 rings (SSSR count). The molecule has 11 heavy (non-hydrogen) atoms. The predicted octanol–water partition coefficient (Wildman–Crippen LogP) is 2.47. The van der Waals surface area contributed by atoms with E-state index in [-0.39, 0.29) is 0 Å². The second-order valence-electron chi connectivity index (χ2n) is 1.86. The maximum absolute atomic E-state index is 5.84. The van der Waals surface area contributed by atoms with Crippen molar-refractivity contribution in [3.63, 3.8) is 0 Å². The zero-order valence-corrected chi connectivity index (χ0v) is 7.87. The van der Waals surface area contributed by atoms with Crippen LogP contribution in [0, 0.1) is 0 Å². The largest absolute Gasteiger partial charge is 0.494 e. The van der Waals surface area contributed by atoms with Gasteiger partial charge in [-0.15, -0.1) is 11.8 Å². The minimum Gasteiger partial charge on any atom is -0.494 e. The summed E-state index contributed by atoms with van der Waals surface area (Å²) in [7, 11) is 1.60. The highest BCUT2D eigenvalue weighted by atomic mass is 35.5. The first kappa shape index (κ1) is 8.68. The van der Waals surface area contributed by atoms with Crippen LogP contribution in [0.2, 0.25) is 5.02 Å². The molecule has 0 aliphatic heterocycles. The quantitative estimate of drug-likeness (QED) is 0.668. The zero-order valence-electron chi connectivity index (χ0n) is 6.30. The summed E-state index contributed by atoms with van der Waals surface area (Å²) in [5.74, 6) is 0.727. The molecule has 0 aliphatic rings. The summed E-state index contributed by atoms with van der Waals surface area (Å²) in [6.45, 7) is 0. The van der Waals surface area contributed by atoms with E-state index in [4.69, 9.17) is 16.3 Å². The van der Waals surface area contributed by atoms with Crippen LogP contribution in [0.15, 0.2) is 17.3 Å². The van der Waals surface area contributed by atoms with Gasteiger partial charge in [0.25, 0.3) is 0 Å². The molecule has 0 radical (unpaired) electrons. The molecule has 0 fully saturated rings.